The number of carbonyl (C=O) groups is 1. The molecule has 3 rings (SSSR count). The monoisotopic (exact) mass is 279 g/mol. The molecule has 1 aromatic rings. The van der Waals surface area contributed by atoms with Crippen molar-refractivity contribution in [1.29, 1.82) is 0 Å². The number of benzene rings is 1. The Kier molecular flexibility index (Phi) is 3.65. The molecule has 1 aliphatic carbocycles. The standard InChI is InChI=1S/C15H18ClNO2/c16-13-12-8-4-5-9-17(14(12)13)15(18)19-10-11-6-2-1-3-7-11/h1-3,6-7,12-14H,4-5,8-10H2/t12-,13-,14-/m0/s1. The molecule has 0 aromatic heterocycles. The van der Waals surface area contributed by atoms with E-state index in [-0.39, 0.29) is 17.5 Å². The van der Waals surface area contributed by atoms with Crippen molar-refractivity contribution in [2.45, 2.75) is 37.3 Å². The summed E-state index contributed by atoms with van der Waals surface area (Å²) in [5, 5.41) is 0.129. The van der Waals surface area contributed by atoms with Crippen LogP contribution in [0.2, 0.25) is 0 Å². The number of carbonyl (C=O) groups excluding carboxylic acids is 1. The van der Waals surface area contributed by atoms with Crippen molar-refractivity contribution < 1.29 is 9.53 Å². The Labute approximate surface area is 118 Å². The average Bonchev–Trinajstić information content (AvgIpc) is 3.13. The Hall–Kier alpha value is -1.22. The van der Waals surface area contributed by atoms with E-state index in [4.69, 9.17) is 16.3 Å². The SMILES string of the molecule is O=C(OCc1ccccc1)N1CCCC[C@H]2[C@H](Cl)[C@H]21. The molecule has 1 amide bonds. The summed E-state index contributed by atoms with van der Waals surface area (Å²) >= 11 is 6.24. The van der Waals surface area contributed by atoms with Crippen LogP contribution in [0, 0.1) is 5.92 Å². The maximum atomic E-state index is 12.2. The number of fused-ring (bicyclic) bond motifs is 1. The largest absolute Gasteiger partial charge is 0.445 e. The molecule has 1 heterocycles. The number of hydrogen-bond donors (Lipinski definition) is 0. The van der Waals surface area contributed by atoms with Gasteiger partial charge >= 0.3 is 6.09 Å². The first kappa shape index (κ1) is 12.8. The minimum absolute atomic E-state index is 0.129. The first-order valence-corrected chi connectivity index (χ1v) is 7.32. The van der Waals surface area contributed by atoms with Crippen LogP contribution < -0.4 is 0 Å². The van der Waals surface area contributed by atoms with Gasteiger partial charge in [-0.05, 0) is 24.3 Å². The van der Waals surface area contributed by atoms with Gasteiger partial charge in [-0.1, -0.05) is 36.8 Å². The molecule has 0 bridgehead atoms. The van der Waals surface area contributed by atoms with E-state index in [2.05, 4.69) is 0 Å². The Bertz CT molecular complexity index is 451. The molecule has 0 radical (unpaired) electrons. The van der Waals surface area contributed by atoms with Crippen LogP contribution in [-0.2, 0) is 11.3 Å². The summed E-state index contributed by atoms with van der Waals surface area (Å²) in [7, 11) is 0. The molecule has 102 valence electrons. The number of halogens is 1. The van der Waals surface area contributed by atoms with Crippen LogP contribution in [0.3, 0.4) is 0 Å². The van der Waals surface area contributed by atoms with Gasteiger partial charge in [0.05, 0.1) is 11.4 Å². The van der Waals surface area contributed by atoms with Gasteiger partial charge in [-0.15, -0.1) is 11.6 Å². The van der Waals surface area contributed by atoms with Crippen LogP contribution in [0.1, 0.15) is 24.8 Å². The zero-order chi connectivity index (χ0) is 13.2. The summed E-state index contributed by atoms with van der Waals surface area (Å²) in [6.45, 7) is 1.11. The summed E-state index contributed by atoms with van der Waals surface area (Å²) in [6, 6.07) is 9.96. The number of ether oxygens (including phenoxy) is 1. The number of amides is 1. The first-order chi connectivity index (χ1) is 9.27. The van der Waals surface area contributed by atoms with E-state index in [9.17, 15) is 4.79 Å². The molecular weight excluding hydrogens is 262 g/mol. The molecule has 4 heteroatoms. The number of rotatable bonds is 2. The van der Waals surface area contributed by atoms with Crippen molar-refractivity contribution in [1.82, 2.24) is 4.90 Å². The number of nitrogens with zero attached hydrogens (tertiary/aromatic N) is 1. The molecule has 1 saturated carbocycles. The molecule has 0 N–H and O–H groups in total. The summed E-state index contributed by atoms with van der Waals surface area (Å²) in [4.78, 5) is 14.0. The zero-order valence-electron chi connectivity index (χ0n) is 10.8. The molecule has 2 aliphatic rings. The summed E-state index contributed by atoms with van der Waals surface area (Å²) < 4.78 is 5.40. The summed E-state index contributed by atoms with van der Waals surface area (Å²) in [5.74, 6) is 0.480. The van der Waals surface area contributed by atoms with Crippen molar-refractivity contribution in [2.24, 2.45) is 5.92 Å². The molecular formula is C15H18ClNO2. The second-order valence-electron chi connectivity index (χ2n) is 5.33. The predicted molar refractivity (Wildman–Crippen MR) is 74.1 cm³/mol. The van der Waals surface area contributed by atoms with E-state index in [1.807, 2.05) is 35.2 Å². The second-order valence-corrected chi connectivity index (χ2v) is 5.83. The quantitative estimate of drug-likeness (QED) is 0.777. The van der Waals surface area contributed by atoms with Crippen molar-refractivity contribution in [3.05, 3.63) is 35.9 Å². The number of alkyl halides is 1. The normalized spacial score (nSPS) is 29.3. The minimum atomic E-state index is -0.219. The highest BCUT2D eigenvalue weighted by atomic mass is 35.5. The molecule has 0 unspecified atom stereocenters. The molecule has 3 atom stereocenters. The van der Waals surface area contributed by atoms with Gasteiger partial charge < -0.3 is 9.64 Å². The van der Waals surface area contributed by atoms with Crippen LogP contribution in [0.25, 0.3) is 0 Å². The maximum absolute atomic E-state index is 12.2. The molecule has 1 aromatic carbocycles. The van der Waals surface area contributed by atoms with E-state index in [0.717, 1.165) is 31.4 Å². The second kappa shape index (κ2) is 5.41. The van der Waals surface area contributed by atoms with Gasteiger partial charge in [0.15, 0.2) is 0 Å². The smallest absolute Gasteiger partial charge is 0.410 e. The third-order valence-corrected chi connectivity index (χ3v) is 4.60. The lowest BCUT2D eigenvalue weighted by molar-refractivity contribution is 0.0932. The lowest BCUT2D eigenvalue weighted by atomic mass is 10.2. The molecule has 2 fully saturated rings. The van der Waals surface area contributed by atoms with Crippen LogP contribution >= 0.6 is 11.6 Å². The summed E-state index contributed by atoms with van der Waals surface area (Å²) in [6.07, 6.45) is 3.13. The lowest BCUT2D eigenvalue weighted by Gasteiger charge is -2.21. The number of hydrogen-bond acceptors (Lipinski definition) is 2. The third kappa shape index (κ3) is 2.71. The Balaban J connectivity index is 1.58. The minimum Gasteiger partial charge on any atom is -0.445 e. The van der Waals surface area contributed by atoms with E-state index < -0.39 is 0 Å². The van der Waals surface area contributed by atoms with Gasteiger partial charge in [0.25, 0.3) is 0 Å². The van der Waals surface area contributed by atoms with Gasteiger partial charge in [-0.2, -0.15) is 0 Å². The van der Waals surface area contributed by atoms with Crippen LogP contribution in [-0.4, -0.2) is 29.0 Å². The van der Waals surface area contributed by atoms with Crippen LogP contribution in [0.5, 0.6) is 0 Å². The Morgan fingerprint density at radius 2 is 2.11 bits per heavy atom. The van der Waals surface area contributed by atoms with Crippen molar-refractivity contribution in [3.8, 4) is 0 Å². The molecule has 19 heavy (non-hydrogen) atoms. The van der Waals surface area contributed by atoms with E-state index in [1.165, 1.54) is 0 Å². The van der Waals surface area contributed by atoms with Gasteiger partial charge in [0.2, 0.25) is 0 Å². The van der Waals surface area contributed by atoms with Crippen molar-refractivity contribution in [2.75, 3.05) is 6.54 Å². The van der Waals surface area contributed by atoms with Gasteiger partial charge in [0.1, 0.15) is 6.61 Å². The fourth-order valence-electron chi connectivity index (χ4n) is 2.87. The summed E-state index contributed by atoms with van der Waals surface area (Å²) in [5.41, 5.74) is 1.01. The maximum Gasteiger partial charge on any atom is 0.410 e. The highest BCUT2D eigenvalue weighted by molar-refractivity contribution is 6.23. The predicted octanol–water partition coefficient (Wildman–Crippen LogP) is 3.41. The average molecular weight is 280 g/mol. The van der Waals surface area contributed by atoms with E-state index >= 15 is 0 Å². The molecule has 1 saturated heterocycles. The lowest BCUT2D eigenvalue weighted by Crippen LogP contribution is -2.35. The number of likely N-dealkylation sites (tertiary alicyclic amines) is 1. The van der Waals surface area contributed by atoms with Gasteiger partial charge in [-0.25, -0.2) is 4.79 Å². The zero-order valence-corrected chi connectivity index (χ0v) is 11.6. The highest BCUT2D eigenvalue weighted by Crippen LogP contribution is 2.46. The van der Waals surface area contributed by atoms with E-state index in [0.29, 0.717) is 12.5 Å². The molecule has 3 nitrogen and oxygen atoms in total. The van der Waals surface area contributed by atoms with Crippen molar-refractivity contribution >= 4 is 17.7 Å². The highest BCUT2D eigenvalue weighted by Gasteiger charge is 2.54. The first-order valence-electron chi connectivity index (χ1n) is 6.89. The Morgan fingerprint density at radius 1 is 1.32 bits per heavy atom. The van der Waals surface area contributed by atoms with Crippen molar-refractivity contribution in [3.63, 3.8) is 0 Å². The fraction of sp³-hybridized carbons (Fsp3) is 0.533. The van der Waals surface area contributed by atoms with Gasteiger partial charge in [-0.3, -0.25) is 0 Å². The van der Waals surface area contributed by atoms with Crippen LogP contribution in [0.4, 0.5) is 4.79 Å². The topological polar surface area (TPSA) is 29.5 Å². The van der Waals surface area contributed by atoms with Gasteiger partial charge in [0, 0.05) is 6.54 Å². The van der Waals surface area contributed by atoms with Crippen LogP contribution in [0.15, 0.2) is 30.3 Å². The third-order valence-electron chi connectivity index (χ3n) is 4.02. The Morgan fingerprint density at radius 3 is 2.89 bits per heavy atom. The fourth-order valence-corrected chi connectivity index (χ4v) is 3.39. The molecule has 1 aliphatic heterocycles. The van der Waals surface area contributed by atoms with E-state index in [1.54, 1.807) is 0 Å². The molecule has 0 spiro atoms.